The molecule has 0 aliphatic carbocycles. The highest BCUT2D eigenvalue weighted by atomic mass is 32.1. The van der Waals surface area contributed by atoms with Crippen molar-refractivity contribution in [2.75, 3.05) is 20.3 Å². The van der Waals surface area contributed by atoms with Crippen LogP contribution in [0.5, 0.6) is 11.5 Å². The summed E-state index contributed by atoms with van der Waals surface area (Å²) in [6, 6.07) is 5.70. The zero-order valence-electron chi connectivity index (χ0n) is 19.2. The van der Waals surface area contributed by atoms with Gasteiger partial charge in [-0.05, 0) is 25.8 Å². The Hall–Kier alpha value is -2.95. The van der Waals surface area contributed by atoms with Crippen LogP contribution in [0.1, 0.15) is 35.5 Å². The number of hydrogen-bond acceptors (Lipinski definition) is 9. The largest absolute Gasteiger partial charge is 0.496 e. The number of fused-ring (bicyclic) bond motifs is 2. The van der Waals surface area contributed by atoms with Gasteiger partial charge in [0, 0.05) is 36.1 Å². The number of ether oxygens (including phenoxy) is 3. The van der Waals surface area contributed by atoms with Gasteiger partial charge in [-0.2, -0.15) is 5.10 Å². The fraction of sp³-hybridized carbons (Fsp3) is 0.375. The molecule has 0 bridgehead atoms. The number of benzene rings is 1. The minimum atomic E-state index is 0.0789. The second kappa shape index (κ2) is 8.37. The Bertz CT molecular complexity index is 1440. The van der Waals surface area contributed by atoms with E-state index < -0.39 is 0 Å². The zero-order chi connectivity index (χ0) is 23.3. The molecule has 4 aromatic heterocycles. The van der Waals surface area contributed by atoms with Crippen molar-refractivity contribution in [1.29, 1.82) is 0 Å². The highest BCUT2D eigenvalue weighted by Crippen LogP contribution is 2.38. The lowest BCUT2D eigenvalue weighted by Gasteiger charge is -2.31. The molecule has 8 nitrogen and oxygen atoms in total. The molecule has 1 aliphatic rings. The molecule has 5 aromatic rings. The molecule has 0 atom stereocenters. The minimum Gasteiger partial charge on any atom is -0.496 e. The number of rotatable bonds is 6. The number of imidazole rings is 1. The van der Waals surface area contributed by atoms with Gasteiger partial charge in [-0.3, -0.25) is 0 Å². The van der Waals surface area contributed by atoms with E-state index in [4.69, 9.17) is 23.6 Å². The third-order valence-electron chi connectivity index (χ3n) is 6.25. The predicted octanol–water partition coefficient (Wildman–Crippen LogP) is 5.62. The third-order valence-corrected chi connectivity index (χ3v) is 8.28. The first kappa shape index (κ1) is 21.6. The predicted molar refractivity (Wildman–Crippen MR) is 131 cm³/mol. The topological polar surface area (TPSA) is 83.9 Å². The molecular weight excluding hydrogens is 472 g/mol. The Balaban J connectivity index is 1.28. The first-order valence-corrected chi connectivity index (χ1v) is 12.8. The van der Waals surface area contributed by atoms with Crippen LogP contribution in [0.3, 0.4) is 0 Å². The molecule has 34 heavy (non-hydrogen) atoms. The molecule has 1 fully saturated rings. The van der Waals surface area contributed by atoms with Crippen LogP contribution in [0.2, 0.25) is 0 Å². The smallest absolute Gasteiger partial charge is 0.212 e. The standard InChI is InChI=1S/C24H24N4O4S2/c1-14-27-28-11-18(26-23(28)34-14)21-10-17-19(8-16(29-3)9-20(17)32-21)31-12-15-13-33-22(25-15)24(2)4-6-30-7-5-24/h8-11,13H,4-7,12H2,1-3H3. The summed E-state index contributed by atoms with van der Waals surface area (Å²) in [4.78, 5) is 10.4. The van der Waals surface area contributed by atoms with E-state index in [9.17, 15) is 0 Å². The summed E-state index contributed by atoms with van der Waals surface area (Å²) in [7, 11) is 1.63. The van der Waals surface area contributed by atoms with Gasteiger partial charge in [0.2, 0.25) is 4.96 Å². The molecule has 1 aliphatic heterocycles. The number of hydrogen-bond donors (Lipinski definition) is 0. The van der Waals surface area contributed by atoms with Gasteiger partial charge in [0.05, 0.1) is 29.4 Å². The lowest BCUT2D eigenvalue weighted by atomic mass is 9.83. The average Bonchev–Trinajstić information content (AvgIpc) is 3.60. The molecule has 0 unspecified atom stereocenters. The second-order valence-corrected chi connectivity index (χ2v) is 10.7. The Morgan fingerprint density at radius 3 is 2.82 bits per heavy atom. The first-order valence-electron chi connectivity index (χ1n) is 11.1. The van der Waals surface area contributed by atoms with E-state index in [-0.39, 0.29) is 5.41 Å². The van der Waals surface area contributed by atoms with Crippen molar-refractivity contribution >= 4 is 38.6 Å². The summed E-state index contributed by atoms with van der Waals surface area (Å²) in [5, 5.41) is 9.50. The molecule has 0 N–H and O–H groups in total. The Kier molecular flexibility index (Phi) is 5.31. The summed E-state index contributed by atoms with van der Waals surface area (Å²) in [5.41, 5.74) is 2.41. The van der Waals surface area contributed by atoms with Crippen LogP contribution in [0.25, 0.3) is 27.4 Å². The quantitative estimate of drug-likeness (QED) is 0.301. The number of thiazole rings is 1. The SMILES string of the molecule is COc1cc(OCc2csc(C3(C)CCOCC3)n2)c2cc(-c3cn4nc(C)sc4n3)oc2c1. The molecule has 0 amide bonds. The molecule has 5 heterocycles. The molecule has 1 saturated heterocycles. The van der Waals surface area contributed by atoms with Crippen molar-refractivity contribution in [2.45, 2.75) is 38.7 Å². The molecule has 1 aromatic carbocycles. The van der Waals surface area contributed by atoms with E-state index in [1.165, 1.54) is 0 Å². The average molecular weight is 497 g/mol. The van der Waals surface area contributed by atoms with Gasteiger partial charge in [-0.15, -0.1) is 11.3 Å². The summed E-state index contributed by atoms with van der Waals surface area (Å²) in [6.45, 7) is 6.18. The van der Waals surface area contributed by atoms with Crippen LogP contribution >= 0.6 is 22.7 Å². The maximum atomic E-state index is 6.23. The number of aromatic nitrogens is 4. The summed E-state index contributed by atoms with van der Waals surface area (Å²) in [5.74, 6) is 2.01. The lowest BCUT2D eigenvalue weighted by molar-refractivity contribution is 0.0563. The van der Waals surface area contributed by atoms with Crippen molar-refractivity contribution in [3.63, 3.8) is 0 Å². The van der Waals surface area contributed by atoms with Gasteiger partial charge in [-0.25, -0.2) is 14.5 Å². The van der Waals surface area contributed by atoms with Crippen molar-refractivity contribution in [1.82, 2.24) is 19.6 Å². The van der Waals surface area contributed by atoms with Crippen LogP contribution < -0.4 is 9.47 Å². The van der Waals surface area contributed by atoms with Gasteiger partial charge in [0.1, 0.15) is 34.4 Å². The number of aryl methyl sites for hydroxylation is 1. The lowest BCUT2D eigenvalue weighted by Crippen LogP contribution is -2.30. The van der Waals surface area contributed by atoms with Crippen LogP contribution in [-0.2, 0) is 16.8 Å². The maximum Gasteiger partial charge on any atom is 0.212 e. The summed E-state index contributed by atoms with van der Waals surface area (Å²) in [6.07, 6.45) is 3.87. The minimum absolute atomic E-state index is 0.0789. The first-order chi connectivity index (χ1) is 16.5. The van der Waals surface area contributed by atoms with Crippen LogP contribution in [0.4, 0.5) is 0 Å². The zero-order valence-corrected chi connectivity index (χ0v) is 20.8. The van der Waals surface area contributed by atoms with E-state index in [2.05, 4.69) is 22.4 Å². The van der Waals surface area contributed by atoms with Crippen molar-refractivity contribution in [2.24, 2.45) is 0 Å². The number of methoxy groups -OCH3 is 1. The Labute approximate surface area is 204 Å². The highest BCUT2D eigenvalue weighted by Gasteiger charge is 2.32. The van der Waals surface area contributed by atoms with E-state index in [1.807, 2.05) is 31.3 Å². The fourth-order valence-corrected chi connectivity index (χ4v) is 5.95. The van der Waals surface area contributed by atoms with Crippen molar-refractivity contribution < 1.29 is 18.6 Å². The van der Waals surface area contributed by atoms with Crippen LogP contribution in [-0.4, -0.2) is 39.9 Å². The van der Waals surface area contributed by atoms with Gasteiger partial charge in [0.25, 0.3) is 0 Å². The second-order valence-electron chi connectivity index (χ2n) is 8.73. The number of furan rings is 1. The molecule has 176 valence electrons. The van der Waals surface area contributed by atoms with Crippen molar-refractivity contribution in [3.05, 3.63) is 45.5 Å². The van der Waals surface area contributed by atoms with Crippen LogP contribution in [0, 0.1) is 6.92 Å². The molecule has 6 rings (SSSR count). The van der Waals surface area contributed by atoms with Crippen LogP contribution in [0.15, 0.2) is 34.2 Å². The highest BCUT2D eigenvalue weighted by molar-refractivity contribution is 7.16. The van der Waals surface area contributed by atoms with E-state index in [0.29, 0.717) is 29.4 Å². The molecular formula is C24H24N4O4S2. The monoisotopic (exact) mass is 496 g/mol. The van der Waals surface area contributed by atoms with Gasteiger partial charge < -0.3 is 18.6 Å². The van der Waals surface area contributed by atoms with E-state index >= 15 is 0 Å². The molecule has 0 radical (unpaired) electrons. The normalized spacial score (nSPS) is 15.9. The van der Waals surface area contributed by atoms with Gasteiger partial charge >= 0.3 is 0 Å². The van der Waals surface area contributed by atoms with E-state index in [1.54, 1.807) is 34.3 Å². The molecule has 0 spiro atoms. The van der Waals surface area contributed by atoms with Crippen molar-refractivity contribution in [3.8, 4) is 23.0 Å². The van der Waals surface area contributed by atoms with Gasteiger partial charge in [0.15, 0.2) is 5.76 Å². The summed E-state index contributed by atoms with van der Waals surface area (Å²) < 4.78 is 25.2. The maximum absolute atomic E-state index is 6.23. The Morgan fingerprint density at radius 2 is 2.03 bits per heavy atom. The fourth-order valence-electron chi connectivity index (χ4n) is 4.20. The molecule has 0 saturated carbocycles. The van der Waals surface area contributed by atoms with Gasteiger partial charge in [-0.1, -0.05) is 18.3 Å². The number of nitrogens with zero attached hydrogens (tertiary/aromatic N) is 4. The molecule has 10 heteroatoms. The summed E-state index contributed by atoms with van der Waals surface area (Å²) >= 11 is 3.24. The van der Waals surface area contributed by atoms with E-state index in [0.717, 1.165) is 57.8 Å². The Morgan fingerprint density at radius 1 is 1.18 bits per heavy atom. The third kappa shape index (κ3) is 3.85.